The van der Waals surface area contributed by atoms with Gasteiger partial charge >= 0.3 is 0 Å². The number of hydrogen-bond donors (Lipinski definition) is 0. The third-order valence-corrected chi connectivity index (χ3v) is 3.89. The van der Waals surface area contributed by atoms with E-state index in [0.29, 0.717) is 5.78 Å². The average Bonchev–Trinajstić information content (AvgIpc) is 2.33. The van der Waals surface area contributed by atoms with Gasteiger partial charge in [-0.1, -0.05) is 0 Å². The fourth-order valence-corrected chi connectivity index (χ4v) is 2.73. The van der Waals surface area contributed by atoms with Gasteiger partial charge in [0.25, 0.3) is 0 Å². The van der Waals surface area contributed by atoms with E-state index in [2.05, 4.69) is 12.1 Å². The Morgan fingerprint density at radius 1 is 1.06 bits per heavy atom. The highest BCUT2D eigenvalue weighted by Crippen LogP contribution is 2.38. The summed E-state index contributed by atoms with van der Waals surface area (Å²) in [5.74, 6) is 1.28. The molecule has 0 unspecified atom stereocenters. The molecule has 0 N–H and O–H groups in total. The monoisotopic (exact) mass is 235 g/mol. The fraction of sp³-hybridized carbons (Fsp3) is 0.385. The molecule has 0 aromatic heterocycles. The molecule has 16 heavy (non-hydrogen) atoms. The maximum absolute atomic E-state index is 11.1. The van der Waals surface area contributed by atoms with Gasteiger partial charge in [0.2, 0.25) is 0 Å². The number of carbonyl (C=O) groups is 1. The lowest BCUT2D eigenvalue weighted by molar-refractivity contribution is -0.119. The Morgan fingerprint density at radius 2 is 1.69 bits per heavy atom. The number of ketones is 1. The Morgan fingerprint density at radius 3 is 2.25 bits per heavy atom. The van der Waals surface area contributed by atoms with E-state index in [1.165, 1.54) is 10.1 Å². The first kappa shape index (κ1) is 11.5. The van der Waals surface area contributed by atoms with Crippen molar-refractivity contribution in [1.82, 2.24) is 0 Å². The summed E-state index contributed by atoms with van der Waals surface area (Å²) in [4.78, 5) is 12.3. The predicted molar refractivity (Wildman–Crippen MR) is 65.6 cm³/mol. The maximum Gasteiger partial charge on any atom is 0.133 e. The van der Waals surface area contributed by atoms with Crippen LogP contribution < -0.4 is 4.74 Å². The molecule has 3 heteroatoms. The van der Waals surface area contributed by atoms with Crippen LogP contribution in [0.15, 0.2) is 29.2 Å². The highest BCUT2D eigenvalue weighted by molar-refractivity contribution is 8.02. The number of carbonyl (C=O) groups excluding carboxylic acids is 1. The third-order valence-electron chi connectivity index (χ3n) is 2.69. The lowest BCUT2D eigenvalue weighted by Gasteiger charge is -2.19. The zero-order chi connectivity index (χ0) is 11.4. The van der Waals surface area contributed by atoms with Gasteiger partial charge in [-0.3, -0.25) is 4.79 Å². The summed E-state index contributed by atoms with van der Waals surface area (Å²) in [7, 11) is 1.67. The van der Waals surface area contributed by atoms with E-state index >= 15 is 0 Å². The average molecular weight is 235 g/mol. The Kier molecular flexibility index (Phi) is 3.88. The van der Waals surface area contributed by atoms with Crippen LogP contribution in [0.25, 0.3) is 0 Å². The highest BCUT2D eigenvalue weighted by Gasteiger charge is 2.20. The first-order chi connectivity index (χ1) is 7.78. The summed E-state index contributed by atoms with van der Waals surface area (Å²) in [5, 5.41) is 1.42. The Labute approximate surface area is 100 Å². The summed E-state index contributed by atoms with van der Waals surface area (Å²) in [6.07, 6.45) is 3.32. The first-order valence-electron chi connectivity index (χ1n) is 5.46. The number of thioether (sulfide) groups is 1. The van der Waals surface area contributed by atoms with Gasteiger partial charge in [-0.15, -0.1) is 11.8 Å². The molecule has 0 spiro atoms. The Balaban J connectivity index is 1.90. The van der Waals surface area contributed by atoms with Crippen LogP contribution in [0.1, 0.15) is 25.7 Å². The largest absolute Gasteiger partial charge is 0.497 e. The molecular weight excluding hydrogens is 220 g/mol. The number of Topliss-reactive ketones (excluding diaryl/α,β-unsaturated/α-hetero) is 1. The van der Waals surface area contributed by atoms with Gasteiger partial charge in [-0.25, -0.2) is 0 Å². The fourth-order valence-electron chi connectivity index (χ4n) is 1.72. The van der Waals surface area contributed by atoms with Gasteiger partial charge < -0.3 is 4.74 Å². The summed E-state index contributed by atoms with van der Waals surface area (Å²) >= 11 is 1.79. The second kappa shape index (κ2) is 5.39. The van der Waals surface area contributed by atoms with Crippen LogP contribution in [0.2, 0.25) is 0 Å². The molecule has 85 valence electrons. The zero-order valence-corrected chi connectivity index (χ0v) is 10.2. The number of hydrogen-bond acceptors (Lipinski definition) is 3. The molecule has 0 saturated heterocycles. The van der Waals surface area contributed by atoms with Crippen molar-refractivity contribution in [2.45, 2.75) is 30.6 Å². The van der Waals surface area contributed by atoms with E-state index in [4.69, 9.17) is 4.74 Å². The molecule has 1 aromatic rings. The molecule has 1 aromatic carbocycles. The summed E-state index contributed by atoms with van der Waals surface area (Å²) in [6, 6.07) is 8.06. The molecule has 1 aliphatic carbocycles. The van der Waals surface area contributed by atoms with E-state index in [0.717, 1.165) is 31.4 Å². The molecule has 0 bridgehead atoms. The second-order valence-corrected chi connectivity index (χ2v) is 5.11. The van der Waals surface area contributed by atoms with Crippen LogP contribution in [0.5, 0.6) is 5.75 Å². The van der Waals surface area contributed by atoms with Crippen LogP contribution in [-0.4, -0.2) is 12.9 Å². The van der Waals surface area contributed by atoms with E-state index in [-0.39, 0.29) is 0 Å². The van der Waals surface area contributed by atoms with E-state index in [1.54, 1.807) is 18.9 Å². The number of benzene rings is 1. The molecule has 2 nitrogen and oxygen atoms in total. The van der Waals surface area contributed by atoms with E-state index < -0.39 is 0 Å². The van der Waals surface area contributed by atoms with Gasteiger partial charge in [0.15, 0.2) is 0 Å². The Hall–Kier alpha value is -0.960. The van der Waals surface area contributed by atoms with Crippen molar-refractivity contribution in [3.8, 4) is 5.75 Å². The lowest BCUT2D eigenvalue weighted by Crippen LogP contribution is -2.09. The van der Waals surface area contributed by atoms with Gasteiger partial charge in [-0.2, -0.15) is 0 Å². The quantitative estimate of drug-likeness (QED) is 0.802. The van der Waals surface area contributed by atoms with Gasteiger partial charge in [-0.05, 0) is 37.1 Å². The normalized spacial score (nSPS) is 17.4. The number of rotatable bonds is 3. The molecule has 0 heterocycles. The van der Waals surface area contributed by atoms with Crippen LogP contribution in [-0.2, 0) is 4.79 Å². The van der Waals surface area contributed by atoms with Crippen molar-refractivity contribution in [2.24, 2.45) is 0 Å². The number of ether oxygens (including phenoxy) is 1. The molecular formula is C13H15O2S. The van der Waals surface area contributed by atoms with Crippen LogP contribution in [0, 0.1) is 5.25 Å². The molecule has 1 saturated carbocycles. The molecule has 1 aliphatic rings. The highest BCUT2D eigenvalue weighted by atomic mass is 32.2. The van der Waals surface area contributed by atoms with Gasteiger partial charge in [0.1, 0.15) is 11.5 Å². The van der Waals surface area contributed by atoms with Crippen LogP contribution in [0.4, 0.5) is 0 Å². The minimum atomic E-state index is 0.402. The zero-order valence-electron chi connectivity index (χ0n) is 9.36. The SMILES string of the molecule is COc1ccc(S[C]2CCC(=O)CC2)cc1. The summed E-state index contributed by atoms with van der Waals surface area (Å²) in [5.41, 5.74) is 0. The topological polar surface area (TPSA) is 26.3 Å². The van der Waals surface area contributed by atoms with Crippen molar-refractivity contribution in [3.05, 3.63) is 29.5 Å². The standard InChI is InChI=1S/C13H15O2S/c1-15-11-4-8-13(9-5-11)16-12-6-2-10(14)3-7-12/h4-5,8-9H,2-3,6-7H2,1H3. The van der Waals surface area contributed by atoms with Gasteiger partial charge in [0.05, 0.1) is 7.11 Å². The molecule has 0 amide bonds. The van der Waals surface area contributed by atoms with Gasteiger partial charge in [0, 0.05) is 23.0 Å². The lowest BCUT2D eigenvalue weighted by atomic mass is 9.99. The smallest absolute Gasteiger partial charge is 0.133 e. The summed E-state index contributed by atoms with van der Waals surface area (Å²) in [6.45, 7) is 0. The van der Waals surface area contributed by atoms with Crippen molar-refractivity contribution in [3.63, 3.8) is 0 Å². The van der Waals surface area contributed by atoms with Crippen molar-refractivity contribution < 1.29 is 9.53 Å². The van der Waals surface area contributed by atoms with E-state index in [9.17, 15) is 4.79 Å². The van der Waals surface area contributed by atoms with Crippen LogP contribution >= 0.6 is 11.8 Å². The van der Waals surface area contributed by atoms with Crippen LogP contribution in [0.3, 0.4) is 0 Å². The predicted octanol–water partition coefficient (Wildman–Crippen LogP) is 3.46. The maximum atomic E-state index is 11.1. The number of methoxy groups -OCH3 is 1. The molecule has 0 atom stereocenters. The molecule has 1 fully saturated rings. The molecule has 2 rings (SSSR count). The minimum Gasteiger partial charge on any atom is -0.497 e. The van der Waals surface area contributed by atoms with Crippen molar-refractivity contribution >= 4 is 17.5 Å². The second-order valence-electron chi connectivity index (χ2n) is 3.85. The molecule has 0 aliphatic heterocycles. The summed E-state index contributed by atoms with van der Waals surface area (Å²) < 4.78 is 5.11. The van der Waals surface area contributed by atoms with Crippen molar-refractivity contribution in [1.29, 1.82) is 0 Å². The third kappa shape index (κ3) is 3.01. The van der Waals surface area contributed by atoms with E-state index in [1.807, 2.05) is 12.1 Å². The Bertz CT molecular complexity index is 349. The minimum absolute atomic E-state index is 0.402. The molecule has 1 radical (unpaired) electrons. The van der Waals surface area contributed by atoms with Crippen molar-refractivity contribution in [2.75, 3.05) is 7.11 Å². The first-order valence-corrected chi connectivity index (χ1v) is 6.28.